The molecule has 1 aromatic rings. The Bertz CT molecular complexity index is 284. The van der Waals surface area contributed by atoms with Crippen molar-refractivity contribution in [3.63, 3.8) is 0 Å². The van der Waals surface area contributed by atoms with Crippen molar-refractivity contribution in [3.05, 3.63) is 11.8 Å². The standard InChI is InChI=1S/C7H11N3O2/c8-5-2-10-7(12-4-5)1-6(3-11)9-10/h1,5,11H,2-4,8H2. The van der Waals surface area contributed by atoms with Crippen molar-refractivity contribution >= 4 is 0 Å². The Labute approximate surface area is 69.7 Å². The zero-order chi connectivity index (χ0) is 8.55. The maximum Gasteiger partial charge on any atom is 0.212 e. The van der Waals surface area contributed by atoms with Crippen LogP contribution in [0.5, 0.6) is 5.88 Å². The minimum atomic E-state index is -0.0569. The summed E-state index contributed by atoms with van der Waals surface area (Å²) in [4.78, 5) is 0. The molecule has 0 aromatic carbocycles. The van der Waals surface area contributed by atoms with Crippen LogP contribution in [0.15, 0.2) is 6.07 Å². The lowest BCUT2D eigenvalue weighted by Crippen LogP contribution is -2.37. The van der Waals surface area contributed by atoms with Crippen LogP contribution in [0.2, 0.25) is 0 Å². The number of fused-ring (bicyclic) bond motifs is 1. The Morgan fingerprint density at radius 3 is 3.42 bits per heavy atom. The van der Waals surface area contributed by atoms with Gasteiger partial charge >= 0.3 is 0 Å². The van der Waals surface area contributed by atoms with Crippen LogP contribution in [0.4, 0.5) is 0 Å². The summed E-state index contributed by atoms with van der Waals surface area (Å²) in [7, 11) is 0. The molecule has 1 aliphatic heterocycles. The van der Waals surface area contributed by atoms with Crippen LogP contribution in [0.3, 0.4) is 0 Å². The Hall–Kier alpha value is -1.07. The first-order valence-corrected chi connectivity index (χ1v) is 3.85. The third kappa shape index (κ3) is 1.17. The molecule has 66 valence electrons. The van der Waals surface area contributed by atoms with Gasteiger partial charge in [0.25, 0.3) is 0 Å². The summed E-state index contributed by atoms with van der Waals surface area (Å²) in [5.74, 6) is 0.695. The van der Waals surface area contributed by atoms with Crippen molar-refractivity contribution in [2.75, 3.05) is 6.61 Å². The van der Waals surface area contributed by atoms with Crippen molar-refractivity contribution in [3.8, 4) is 5.88 Å². The molecule has 0 saturated carbocycles. The van der Waals surface area contributed by atoms with E-state index in [9.17, 15) is 0 Å². The average molecular weight is 169 g/mol. The second kappa shape index (κ2) is 2.76. The summed E-state index contributed by atoms with van der Waals surface area (Å²) in [6.07, 6.45) is 0. The molecule has 0 fully saturated rings. The van der Waals surface area contributed by atoms with Gasteiger partial charge in [0, 0.05) is 6.07 Å². The Morgan fingerprint density at radius 2 is 2.67 bits per heavy atom. The summed E-state index contributed by atoms with van der Waals surface area (Å²) >= 11 is 0. The zero-order valence-corrected chi connectivity index (χ0v) is 6.60. The van der Waals surface area contributed by atoms with Crippen LogP contribution >= 0.6 is 0 Å². The first-order chi connectivity index (χ1) is 5.79. The van der Waals surface area contributed by atoms with E-state index in [2.05, 4.69) is 5.10 Å². The fourth-order valence-electron chi connectivity index (χ4n) is 1.24. The van der Waals surface area contributed by atoms with E-state index in [1.807, 2.05) is 0 Å². The summed E-state index contributed by atoms with van der Waals surface area (Å²) in [5, 5.41) is 12.9. The summed E-state index contributed by atoms with van der Waals surface area (Å²) in [5.41, 5.74) is 6.28. The predicted molar refractivity (Wildman–Crippen MR) is 41.6 cm³/mol. The van der Waals surface area contributed by atoms with Crippen molar-refractivity contribution < 1.29 is 9.84 Å². The van der Waals surface area contributed by atoms with Gasteiger partial charge in [0.1, 0.15) is 6.61 Å². The van der Waals surface area contributed by atoms with E-state index < -0.39 is 0 Å². The van der Waals surface area contributed by atoms with E-state index in [1.165, 1.54) is 0 Å². The molecule has 1 aliphatic rings. The molecule has 0 amide bonds. The summed E-state index contributed by atoms with van der Waals surface area (Å²) < 4.78 is 6.96. The van der Waals surface area contributed by atoms with Gasteiger partial charge in [-0.15, -0.1) is 0 Å². The molecule has 0 aliphatic carbocycles. The fraction of sp³-hybridized carbons (Fsp3) is 0.571. The first kappa shape index (κ1) is 7.57. The number of rotatable bonds is 1. The van der Waals surface area contributed by atoms with Crippen LogP contribution in [-0.2, 0) is 13.2 Å². The molecule has 1 unspecified atom stereocenters. The third-order valence-electron chi connectivity index (χ3n) is 1.81. The van der Waals surface area contributed by atoms with Crippen molar-refractivity contribution in [2.45, 2.75) is 19.2 Å². The molecular formula is C7H11N3O2. The lowest BCUT2D eigenvalue weighted by atomic mass is 10.3. The van der Waals surface area contributed by atoms with Gasteiger partial charge in [-0.2, -0.15) is 5.10 Å². The van der Waals surface area contributed by atoms with Crippen molar-refractivity contribution in [1.29, 1.82) is 0 Å². The van der Waals surface area contributed by atoms with Gasteiger partial charge < -0.3 is 15.6 Å². The molecule has 0 radical (unpaired) electrons. The second-order valence-corrected chi connectivity index (χ2v) is 2.89. The van der Waals surface area contributed by atoms with Gasteiger partial charge in [-0.25, -0.2) is 4.68 Å². The van der Waals surface area contributed by atoms with E-state index in [-0.39, 0.29) is 12.6 Å². The predicted octanol–water partition coefficient (Wildman–Crippen LogP) is -0.905. The summed E-state index contributed by atoms with van der Waals surface area (Å²) in [6, 6.07) is 1.73. The third-order valence-corrected chi connectivity index (χ3v) is 1.81. The quantitative estimate of drug-likeness (QED) is 0.571. The van der Waals surface area contributed by atoms with E-state index >= 15 is 0 Å². The number of ether oxygens (including phenoxy) is 1. The maximum absolute atomic E-state index is 8.79. The summed E-state index contributed by atoms with van der Waals surface area (Å²) in [6.45, 7) is 1.13. The molecule has 5 nitrogen and oxygen atoms in total. The molecule has 2 heterocycles. The van der Waals surface area contributed by atoms with Gasteiger partial charge in [0.05, 0.1) is 24.9 Å². The highest BCUT2D eigenvalue weighted by molar-refractivity contribution is 5.17. The molecule has 12 heavy (non-hydrogen) atoms. The molecule has 5 heteroatoms. The molecule has 0 saturated heterocycles. The minimum Gasteiger partial charge on any atom is -0.476 e. The van der Waals surface area contributed by atoms with Crippen LogP contribution < -0.4 is 10.5 Å². The van der Waals surface area contributed by atoms with Crippen LogP contribution in [-0.4, -0.2) is 27.5 Å². The van der Waals surface area contributed by atoms with E-state index in [0.29, 0.717) is 24.7 Å². The molecule has 0 spiro atoms. The number of aliphatic hydroxyl groups is 1. The Morgan fingerprint density at radius 1 is 1.83 bits per heavy atom. The molecule has 1 aromatic heterocycles. The van der Waals surface area contributed by atoms with Gasteiger partial charge in [-0.05, 0) is 0 Å². The topological polar surface area (TPSA) is 73.3 Å². The van der Waals surface area contributed by atoms with Gasteiger partial charge in [0.15, 0.2) is 0 Å². The minimum absolute atomic E-state index is 0.00365. The average Bonchev–Trinajstić information content (AvgIpc) is 2.46. The van der Waals surface area contributed by atoms with Gasteiger partial charge in [-0.3, -0.25) is 0 Å². The van der Waals surface area contributed by atoms with E-state index in [0.717, 1.165) is 0 Å². The number of hydrogen-bond donors (Lipinski definition) is 2. The number of aliphatic hydroxyl groups excluding tert-OH is 1. The van der Waals surface area contributed by atoms with Crippen LogP contribution in [0.25, 0.3) is 0 Å². The molecule has 3 N–H and O–H groups in total. The highest BCUT2D eigenvalue weighted by atomic mass is 16.5. The van der Waals surface area contributed by atoms with E-state index in [1.54, 1.807) is 10.7 Å². The normalized spacial score (nSPS) is 21.7. The first-order valence-electron chi connectivity index (χ1n) is 3.85. The Kier molecular flexibility index (Phi) is 1.74. The number of nitrogens with zero attached hydrogens (tertiary/aromatic N) is 2. The largest absolute Gasteiger partial charge is 0.476 e. The van der Waals surface area contributed by atoms with Crippen LogP contribution in [0, 0.1) is 0 Å². The highest BCUT2D eigenvalue weighted by Gasteiger charge is 2.17. The lowest BCUT2D eigenvalue weighted by Gasteiger charge is -2.20. The van der Waals surface area contributed by atoms with Crippen LogP contribution in [0.1, 0.15) is 5.69 Å². The number of nitrogens with two attached hydrogens (primary N) is 1. The highest BCUT2D eigenvalue weighted by Crippen LogP contribution is 2.17. The van der Waals surface area contributed by atoms with Gasteiger partial charge in [-0.1, -0.05) is 0 Å². The van der Waals surface area contributed by atoms with Gasteiger partial charge in [0.2, 0.25) is 5.88 Å². The fourth-order valence-corrected chi connectivity index (χ4v) is 1.24. The Balaban J connectivity index is 2.28. The van der Waals surface area contributed by atoms with Crippen molar-refractivity contribution in [1.82, 2.24) is 9.78 Å². The maximum atomic E-state index is 8.79. The van der Waals surface area contributed by atoms with Crippen molar-refractivity contribution in [2.24, 2.45) is 5.73 Å². The smallest absolute Gasteiger partial charge is 0.212 e. The van der Waals surface area contributed by atoms with E-state index in [4.69, 9.17) is 15.6 Å². The number of hydrogen-bond acceptors (Lipinski definition) is 4. The SMILES string of the molecule is NC1COc2cc(CO)nn2C1. The molecular weight excluding hydrogens is 158 g/mol. The molecule has 2 rings (SSSR count). The molecule has 1 atom stereocenters. The lowest BCUT2D eigenvalue weighted by molar-refractivity contribution is 0.205. The molecule has 0 bridgehead atoms. The zero-order valence-electron chi connectivity index (χ0n) is 6.60. The second-order valence-electron chi connectivity index (χ2n) is 2.89. The monoisotopic (exact) mass is 169 g/mol. The number of aromatic nitrogens is 2.